The average molecular weight is 265 g/mol. The molecule has 2 heteroatoms. The van der Waals surface area contributed by atoms with Gasteiger partial charge in [-0.15, -0.1) is 0 Å². The molecule has 0 radical (unpaired) electrons. The normalized spacial score (nSPS) is 13.6. The monoisotopic (exact) mass is 265 g/mol. The maximum absolute atomic E-state index is 6.22. The molecule has 1 unspecified atom stereocenters. The molecule has 2 N–H and O–H groups in total. The average Bonchev–Trinajstić information content (AvgIpc) is 2.33. The van der Waals surface area contributed by atoms with Gasteiger partial charge in [0, 0.05) is 11.8 Å². The summed E-state index contributed by atoms with van der Waals surface area (Å²) in [6.45, 7) is 8.94. The quantitative estimate of drug-likeness (QED) is 0.765. The Bertz CT molecular complexity index is 337. The Morgan fingerprint density at radius 1 is 1.17 bits per heavy atom. The molecule has 0 aromatic heterocycles. The van der Waals surface area contributed by atoms with E-state index in [9.17, 15) is 0 Å². The number of hydrogen-bond donors (Lipinski definition) is 1. The fourth-order valence-electron chi connectivity index (χ4n) is 1.78. The second kappa shape index (κ2) is 7.20. The Morgan fingerprint density at radius 2 is 1.78 bits per heavy atom. The molecule has 1 aromatic carbocycles. The minimum atomic E-state index is 0.167. The zero-order valence-corrected chi connectivity index (χ0v) is 13.0. The molecule has 0 amide bonds. The van der Waals surface area contributed by atoms with Crippen LogP contribution < -0.4 is 5.73 Å². The zero-order chi connectivity index (χ0) is 13.6. The Kier molecular flexibility index (Phi) is 6.24. The first-order valence-corrected chi connectivity index (χ1v) is 8.04. The predicted molar refractivity (Wildman–Crippen MR) is 84.3 cm³/mol. The summed E-state index contributed by atoms with van der Waals surface area (Å²) in [5.74, 6) is 2.25. The van der Waals surface area contributed by atoms with Crippen molar-refractivity contribution in [2.45, 2.75) is 52.0 Å². The third-order valence-electron chi connectivity index (χ3n) is 3.14. The lowest BCUT2D eigenvalue weighted by atomic mass is 9.86. The first kappa shape index (κ1) is 15.6. The van der Waals surface area contributed by atoms with E-state index < -0.39 is 0 Å². The van der Waals surface area contributed by atoms with E-state index in [0.29, 0.717) is 0 Å². The number of hydrogen-bond acceptors (Lipinski definition) is 2. The SMILES string of the molecule is CCCCSCC(N)c1ccc(C(C)(C)C)cc1. The van der Waals surface area contributed by atoms with Crippen molar-refractivity contribution in [2.75, 3.05) is 11.5 Å². The van der Waals surface area contributed by atoms with Crippen LogP contribution in [0.2, 0.25) is 0 Å². The van der Waals surface area contributed by atoms with Crippen LogP contribution in [0.5, 0.6) is 0 Å². The van der Waals surface area contributed by atoms with Gasteiger partial charge in [0.2, 0.25) is 0 Å². The Labute approximate surface area is 117 Å². The largest absolute Gasteiger partial charge is 0.323 e. The summed E-state index contributed by atoms with van der Waals surface area (Å²) in [4.78, 5) is 0. The molecule has 102 valence electrons. The lowest BCUT2D eigenvalue weighted by Gasteiger charge is -2.20. The lowest BCUT2D eigenvalue weighted by molar-refractivity contribution is 0.589. The van der Waals surface area contributed by atoms with Gasteiger partial charge in [0.1, 0.15) is 0 Å². The van der Waals surface area contributed by atoms with Gasteiger partial charge >= 0.3 is 0 Å². The van der Waals surface area contributed by atoms with Gasteiger partial charge in [-0.2, -0.15) is 11.8 Å². The van der Waals surface area contributed by atoms with Crippen molar-refractivity contribution in [1.29, 1.82) is 0 Å². The highest BCUT2D eigenvalue weighted by molar-refractivity contribution is 7.99. The van der Waals surface area contributed by atoms with E-state index in [2.05, 4.69) is 52.0 Å². The van der Waals surface area contributed by atoms with E-state index >= 15 is 0 Å². The number of nitrogens with two attached hydrogens (primary N) is 1. The number of thioether (sulfide) groups is 1. The molecule has 0 heterocycles. The highest BCUT2D eigenvalue weighted by Gasteiger charge is 2.14. The lowest BCUT2D eigenvalue weighted by Crippen LogP contribution is -2.15. The Balaban J connectivity index is 2.51. The molecule has 0 saturated heterocycles. The van der Waals surface area contributed by atoms with Crippen LogP contribution in [0, 0.1) is 0 Å². The van der Waals surface area contributed by atoms with Crippen LogP contribution in [0.3, 0.4) is 0 Å². The van der Waals surface area contributed by atoms with Crippen molar-refractivity contribution in [2.24, 2.45) is 5.73 Å². The molecule has 0 saturated carbocycles. The molecule has 0 bridgehead atoms. The van der Waals surface area contributed by atoms with Gasteiger partial charge in [-0.05, 0) is 28.7 Å². The van der Waals surface area contributed by atoms with Crippen LogP contribution in [-0.4, -0.2) is 11.5 Å². The van der Waals surface area contributed by atoms with Crippen molar-refractivity contribution in [3.05, 3.63) is 35.4 Å². The van der Waals surface area contributed by atoms with Crippen LogP contribution >= 0.6 is 11.8 Å². The van der Waals surface area contributed by atoms with E-state index in [0.717, 1.165) is 5.75 Å². The summed E-state index contributed by atoms with van der Waals surface area (Å²) in [7, 11) is 0. The fourth-order valence-corrected chi connectivity index (χ4v) is 2.89. The molecule has 18 heavy (non-hydrogen) atoms. The molecule has 0 fully saturated rings. The molecule has 0 aliphatic heterocycles. The molecule has 0 aliphatic carbocycles. The van der Waals surface area contributed by atoms with E-state index in [1.807, 2.05) is 11.8 Å². The third kappa shape index (κ3) is 5.03. The number of unbranched alkanes of at least 4 members (excludes halogenated alkanes) is 1. The van der Waals surface area contributed by atoms with Crippen LogP contribution in [0.1, 0.15) is 57.7 Å². The van der Waals surface area contributed by atoms with E-state index in [1.54, 1.807) is 0 Å². The molecular weight excluding hydrogens is 238 g/mol. The van der Waals surface area contributed by atoms with Crippen LogP contribution in [0.4, 0.5) is 0 Å². The third-order valence-corrected chi connectivity index (χ3v) is 4.32. The molecule has 1 nitrogen and oxygen atoms in total. The predicted octanol–water partition coefficient (Wildman–Crippen LogP) is 4.52. The first-order chi connectivity index (χ1) is 8.45. The zero-order valence-electron chi connectivity index (χ0n) is 12.2. The van der Waals surface area contributed by atoms with Gasteiger partial charge in [0.15, 0.2) is 0 Å². The van der Waals surface area contributed by atoms with Gasteiger partial charge in [0.05, 0.1) is 0 Å². The van der Waals surface area contributed by atoms with Crippen LogP contribution in [0.15, 0.2) is 24.3 Å². The summed E-state index contributed by atoms with van der Waals surface area (Å²) in [5, 5.41) is 0. The van der Waals surface area contributed by atoms with Crippen molar-refractivity contribution in [1.82, 2.24) is 0 Å². The van der Waals surface area contributed by atoms with Gasteiger partial charge in [-0.3, -0.25) is 0 Å². The smallest absolute Gasteiger partial charge is 0.0386 e. The van der Waals surface area contributed by atoms with E-state index in [4.69, 9.17) is 5.73 Å². The summed E-state index contributed by atoms with van der Waals surface area (Å²) >= 11 is 1.97. The standard InChI is InChI=1S/C16H27NS/c1-5-6-11-18-12-15(17)13-7-9-14(10-8-13)16(2,3)4/h7-10,15H,5-6,11-12,17H2,1-4H3. The Hall–Kier alpha value is -0.470. The van der Waals surface area contributed by atoms with Crippen molar-refractivity contribution >= 4 is 11.8 Å². The number of benzene rings is 1. The molecule has 0 spiro atoms. The Morgan fingerprint density at radius 3 is 2.28 bits per heavy atom. The molecule has 1 atom stereocenters. The molecule has 0 aliphatic rings. The van der Waals surface area contributed by atoms with Crippen LogP contribution in [-0.2, 0) is 5.41 Å². The van der Waals surface area contributed by atoms with Gasteiger partial charge < -0.3 is 5.73 Å². The summed E-state index contributed by atoms with van der Waals surface area (Å²) in [6, 6.07) is 8.97. The van der Waals surface area contributed by atoms with Crippen molar-refractivity contribution < 1.29 is 0 Å². The first-order valence-electron chi connectivity index (χ1n) is 6.89. The minimum absolute atomic E-state index is 0.167. The van der Waals surface area contributed by atoms with E-state index in [1.165, 1.54) is 29.7 Å². The maximum atomic E-state index is 6.22. The molecular formula is C16H27NS. The van der Waals surface area contributed by atoms with Gasteiger partial charge in [-0.25, -0.2) is 0 Å². The van der Waals surface area contributed by atoms with Crippen LogP contribution in [0.25, 0.3) is 0 Å². The second-order valence-corrected chi connectivity index (χ2v) is 7.06. The van der Waals surface area contributed by atoms with Crippen molar-refractivity contribution in [3.8, 4) is 0 Å². The highest BCUT2D eigenvalue weighted by Crippen LogP contribution is 2.24. The summed E-state index contributed by atoms with van der Waals surface area (Å²) in [6.07, 6.45) is 2.56. The topological polar surface area (TPSA) is 26.0 Å². The minimum Gasteiger partial charge on any atom is -0.323 e. The number of rotatable bonds is 6. The molecule has 1 rings (SSSR count). The summed E-state index contributed by atoms with van der Waals surface area (Å²) < 4.78 is 0. The second-order valence-electron chi connectivity index (χ2n) is 5.91. The van der Waals surface area contributed by atoms with Gasteiger partial charge in [0.25, 0.3) is 0 Å². The fraction of sp³-hybridized carbons (Fsp3) is 0.625. The maximum Gasteiger partial charge on any atom is 0.0386 e. The summed E-state index contributed by atoms with van der Waals surface area (Å²) in [5.41, 5.74) is 9.07. The van der Waals surface area contributed by atoms with E-state index in [-0.39, 0.29) is 11.5 Å². The highest BCUT2D eigenvalue weighted by atomic mass is 32.2. The van der Waals surface area contributed by atoms with Crippen molar-refractivity contribution in [3.63, 3.8) is 0 Å². The van der Waals surface area contributed by atoms with Gasteiger partial charge in [-0.1, -0.05) is 58.4 Å². The molecule has 1 aromatic rings.